The second-order valence-corrected chi connectivity index (χ2v) is 4.76. The van der Waals surface area contributed by atoms with Gasteiger partial charge in [0.25, 0.3) is 0 Å². The zero-order valence-corrected chi connectivity index (χ0v) is 9.55. The summed E-state index contributed by atoms with van der Waals surface area (Å²) in [6.45, 7) is 3.23. The number of halogens is 1. The molecular formula is C10H15BrN2. The Bertz CT molecular complexity index is 287. The lowest BCUT2D eigenvalue weighted by Gasteiger charge is -2.10. The first-order valence-electron chi connectivity index (χ1n) is 4.95. The molecule has 3 heteroatoms. The van der Waals surface area contributed by atoms with E-state index in [1.807, 2.05) is 6.20 Å². The summed E-state index contributed by atoms with van der Waals surface area (Å²) >= 11 is 3.48. The molecule has 1 aromatic rings. The minimum atomic E-state index is 0.866. The van der Waals surface area contributed by atoms with Crippen LogP contribution in [0.4, 0.5) is 0 Å². The molecule has 0 radical (unpaired) electrons. The van der Waals surface area contributed by atoms with Crippen molar-refractivity contribution in [3.63, 3.8) is 0 Å². The molecule has 0 unspecified atom stereocenters. The Morgan fingerprint density at radius 2 is 2.23 bits per heavy atom. The second kappa shape index (κ2) is 3.82. The standard InChI is InChI=1S/C10H15BrN2/c1-8-10(11)6-12-13(8)7-9-4-2-3-5-9/h6,9H,2-5,7H2,1H3. The summed E-state index contributed by atoms with van der Waals surface area (Å²) in [6.07, 6.45) is 7.48. The van der Waals surface area contributed by atoms with Gasteiger partial charge in [0.1, 0.15) is 0 Å². The molecule has 0 spiro atoms. The van der Waals surface area contributed by atoms with Crippen LogP contribution in [0.25, 0.3) is 0 Å². The lowest BCUT2D eigenvalue weighted by atomic mass is 10.1. The number of hydrogen-bond acceptors (Lipinski definition) is 1. The average molecular weight is 243 g/mol. The van der Waals surface area contributed by atoms with E-state index in [1.165, 1.54) is 31.4 Å². The molecule has 1 aliphatic rings. The van der Waals surface area contributed by atoms with Crippen molar-refractivity contribution in [2.75, 3.05) is 0 Å². The van der Waals surface area contributed by atoms with Gasteiger partial charge in [-0.1, -0.05) is 12.8 Å². The van der Waals surface area contributed by atoms with E-state index in [2.05, 4.69) is 32.6 Å². The van der Waals surface area contributed by atoms with Crippen molar-refractivity contribution in [2.45, 2.75) is 39.2 Å². The maximum Gasteiger partial charge on any atom is 0.0635 e. The molecule has 1 heterocycles. The van der Waals surface area contributed by atoms with E-state index in [-0.39, 0.29) is 0 Å². The molecule has 1 aromatic heterocycles. The normalized spacial score (nSPS) is 18.3. The molecule has 0 atom stereocenters. The van der Waals surface area contributed by atoms with Crippen LogP contribution < -0.4 is 0 Å². The second-order valence-electron chi connectivity index (χ2n) is 3.91. The van der Waals surface area contributed by atoms with Gasteiger partial charge in [-0.15, -0.1) is 0 Å². The van der Waals surface area contributed by atoms with E-state index in [4.69, 9.17) is 0 Å². The molecule has 1 aliphatic carbocycles. The Morgan fingerprint density at radius 1 is 1.54 bits per heavy atom. The lowest BCUT2D eigenvalue weighted by Crippen LogP contribution is -2.09. The maximum atomic E-state index is 4.35. The quantitative estimate of drug-likeness (QED) is 0.780. The SMILES string of the molecule is Cc1c(Br)cnn1CC1CCCC1. The van der Waals surface area contributed by atoms with Crippen molar-refractivity contribution in [3.05, 3.63) is 16.4 Å². The van der Waals surface area contributed by atoms with Crippen LogP contribution in [-0.2, 0) is 6.54 Å². The fourth-order valence-corrected chi connectivity index (χ4v) is 2.34. The molecule has 13 heavy (non-hydrogen) atoms. The molecule has 72 valence electrons. The number of aromatic nitrogens is 2. The molecule has 2 nitrogen and oxygen atoms in total. The summed E-state index contributed by atoms with van der Waals surface area (Å²) in [5.74, 6) is 0.866. The van der Waals surface area contributed by atoms with E-state index in [1.54, 1.807) is 0 Å². The minimum Gasteiger partial charge on any atom is -0.268 e. The van der Waals surface area contributed by atoms with Crippen LogP contribution in [0.15, 0.2) is 10.7 Å². The van der Waals surface area contributed by atoms with Crippen LogP contribution in [0.3, 0.4) is 0 Å². The summed E-state index contributed by atoms with van der Waals surface area (Å²) in [5.41, 5.74) is 1.26. The highest BCUT2D eigenvalue weighted by Gasteiger charge is 2.16. The number of hydrogen-bond donors (Lipinski definition) is 0. The van der Waals surface area contributed by atoms with E-state index in [9.17, 15) is 0 Å². The minimum absolute atomic E-state index is 0.866. The Hall–Kier alpha value is -0.310. The third kappa shape index (κ3) is 1.96. The van der Waals surface area contributed by atoms with Gasteiger partial charge in [0.2, 0.25) is 0 Å². The van der Waals surface area contributed by atoms with E-state index >= 15 is 0 Å². The van der Waals surface area contributed by atoms with Crippen molar-refractivity contribution >= 4 is 15.9 Å². The maximum absolute atomic E-state index is 4.35. The molecule has 1 saturated carbocycles. The first-order chi connectivity index (χ1) is 6.27. The Balaban J connectivity index is 2.04. The van der Waals surface area contributed by atoms with Crippen LogP contribution in [-0.4, -0.2) is 9.78 Å². The first kappa shape index (κ1) is 9.25. The van der Waals surface area contributed by atoms with Gasteiger partial charge in [0, 0.05) is 12.2 Å². The summed E-state index contributed by atoms with van der Waals surface area (Å²) in [5, 5.41) is 4.35. The largest absolute Gasteiger partial charge is 0.268 e. The van der Waals surface area contributed by atoms with Crippen LogP contribution in [0.2, 0.25) is 0 Å². The van der Waals surface area contributed by atoms with Gasteiger partial charge in [-0.25, -0.2) is 0 Å². The van der Waals surface area contributed by atoms with Gasteiger partial charge in [-0.3, -0.25) is 4.68 Å². The molecule has 0 amide bonds. The zero-order chi connectivity index (χ0) is 9.26. The average Bonchev–Trinajstić information content (AvgIpc) is 2.71. The topological polar surface area (TPSA) is 17.8 Å². The molecule has 0 aromatic carbocycles. The molecule has 0 aliphatic heterocycles. The molecule has 0 N–H and O–H groups in total. The van der Waals surface area contributed by atoms with Gasteiger partial charge in [0.15, 0.2) is 0 Å². The van der Waals surface area contributed by atoms with Crippen molar-refractivity contribution in [1.29, 1.82) is 0 Å². The Labute approximate surface area is 87.5 Å². The predicted molar refractivity (Wildman–Crippen MR) is 56.6 cm³/mol. The van der Waals surface area contributed by atoms with Crippen molar-refractivity contribution in [2.24, 2.45) is 5.92 Å². The predicted octanol–water partition coefficient (Wildman–Crippen LogP) is 3.14. The summed E-state index contributed by atoms with van der Waals surface area (Å²) in [6, 6.07) is 0. The third-order valence-corrected chi connectivity index (χ3v) is 3.73. The monoisotopic (exact) mass is 242 g/mol. The van der Waals surface area contributed by atoms with E-state index < -0.39 is 0 Å². The fourth-order valence-electron chi connectivity index (χ4n) is 2.05. The van der Waals surface area contributed by atoms with Gasteiger partial charge < -0.3 is 0 Å². The van der Waals surface area contributed by atoms with Gasteiger partial charge >= 0.3 is 0 Å². The van der Waals surface area contributed by atoms with Crippen LogP contribution in [0.5, 0.6) is 0 Å². The molecule has 1 fully saturated rings. The van der Waals surface area contributed by atoms with Crippen LogP contribution in [0.1, 0.15) is 31.4 Å². The summed E-state index contributed by atoms with van der Waals surface area (Å²) in [7, 11) is 0. The highest BCUT2D eigenvalue weighted by atomic mass is 79.9. The smallest absolute Gasteiger partial charge is 0.0635 e. The molecule has 0 saturated heterocycles. The lowest BCUT2D eigenvalue weighted by molar-refractivity contribution is 0.423. The highest BCUT2D eigenvalue weighted by molar-refractivity contribution is 9.10. The molecule has 0 bridgehead atoms. The Kier molecular flexibility index (Phi) is 2.72. The van der Waals surface area contributed by atoms with Crippen LogP contribution in [0, 0.1) is 12.8 Å². The summed E-state index contributed by atoms with van der Waals surface area (Å²) < 4.78 is 3.26. The first-order valence-corrected chi connectivity index (χ1v) is 5.74. The van der Waals surface area contributed by atoms with Crippen molar-refractivity contribution in [1.82, 2.24) is 9.78 Å². The number of rotatable bonds is 2. The van der Waals surface area contributed by atoms with E-state index in [0.717, 1.165) is 16.9 Å². The molecular weight excluding hydrogens is 228 g/mol. The molecule has 2 rings (SSSR count). The highest BCUT2D eigenvalue weighted by Crippen LogP contribution is 2.27. The Morgan fingerprint density at radius 3 is 2.77 bits per heavy atom. The van der Waals surface area contributed by atoms with Gasteiger partial charge in [-0.2, -0.15) is 5.10 Å². The van der Waals surface area contributed by atoms with Crippen molar-refractivity contribution < 1.29 is 0 Å². The number of nitrogens with zero attached hydrogens (tertiary/aromatic N) is 2. The zero-order valence-electron chi connectivity index (χ0n) is 7.96. The third-order valence-electron chi connectivity index (χ3n) is 2.95. The summed E-state index contributed by atoms with van der Waals surface area (Å²) in [4.78, 5) is 0. The van der Waals surface area contributed by atoms with Gasteiger partial charge in [0.05, 0.1) is 10.7 Å². The van der Waals surface area contributed by atoms with E-state index in [0.29, 0.717) is 0 Å². The van der Waals surface area contributed by atoms with Crippen LogP contribution >= 0.6 is 15.9 Å². The van der Waals surface area contributed by atoms with Gasteiger partial charge in [-0.05, 0) is 41.6 Å². The fraction of sp³-hybridized carbons (Fsp3) is 0.700. The van der Waals surface area contributed by atoms with Crippen molar-refractivity contribution in [3.8, 4) is 0 Å².